The van der Waals surface area contributed by atoms with Crippen molar-refractivity contribution in [2.24, 2.45) is 5.92 Å². The molecule has 11 heavy (non-hydrogen) atoms. The fourth-order valence-corrected chi connectivity index (χ4v) is 1.35. The van der Waals surface area contributed by atoms with Crippen LogP contribution in [-0.2, 0) is 0 Å². The predicted octanol–water partition coefficient (Wildman–Crippen LogP) is 1.53. The van der Waals surface area contributed by atoms with Gasteiger partial charge in [-0.05, 0) is 18.4 Å². The van der Waals surface area contributed by atoms with Gasteiger partial charge in [0.05, 0.1) is 0 Å². The topological polar surface area (TPSA) is 27.1 Å². The Labute approximate surface area is 68.4 Å². The summed E-state index contributed by atoms with van der Waals surface area (Å²) >= 11 is 0. The number of hydrogen-bond acceptors (Lipinski definition) is 2. The Hall–Kier alpha value is -0.630. The zero-order valence-electron chi connectivity index (χ0n) is 7.35. The highest BCUT2D eigenvalue weighted by Gasteiger charge is 2.22. The average Bonchev–Trinajstić information content (AvgIpc) is 1.84. The molecule has 1 N–H and O–H groups in total. The van der Waals surface area contributed by atoms with Gasteiger partial charge < -0.3 is 5.41 Å². The molecular formula is C9H16N2. The van der Waals surface area contributed by atoms with E-state index in [4.69, 9.17) is 5.41 Å². The molecule has 0 radical (unpaired) electrons. The molecular weight excluding hydrogens is 136 g/mol. The van der Waals surface area contributed by atoms with Gasteiger partial charge in [-0.3, -0.25) is 4.90 Å². The Morgan fingerprint density at radius 1 is 1.64 bits per heavy atom. The average molecular weight is 152 g/mol. The SMILES string of the molecule is C=C(CN1CC(C)C1)C(C)=N. The van der Waals surface area contributed by atoms with E-state index in [0.29, 0.717) is 5.71 Å². The van der Waals surface area contributed by atoms with Gasteiger partial charge >= 0.3 is 0 Å². The van der Waals surface area contributed by atoms with Crippen LogP contribution in [0.3, 0.4) is 0 Å². The normalized spacial score (nSPS) is 19.5. The summed E-state index contributed by atoms with van der Waals surface area (Å²) in [6.45, 7) is 11.1. The second-order valence-electron chi connectivity index (χ2n) is 3.53. The van der Waals surface area contributed by atoms with Crippen LogP contribution in [0.15, 0.2) is 12.2 Å². The molecule has 0 aromatic rings. The Morgan fingerprint density at radius 3 is 2.55 bits per heavy atom. The maximum atomic E-state index is 7.32. The molecule has 0 aliphatic carbocycles. The van der Waals surface area contributed by atoms with Crippen molar-refractivity contribution in [2.45, 2.75) is 13.8 Å². The zero-order chi connectivity index (χ0) is 8.43. The number of nitrogens with one attached hydrogen (secondary N) is 1. The van der Waals surface area contributed by atoms with E-state index in [0.717, 1.165) is 18.0 Å². The summed E-state index contributed by atoms with van der Waals surface area (Å²) in [6, 6.07) is 0. The smallest absolute Gasteiger partial charge is 0.0322 e. The second kappa shape index (κ2) is 3.18. The van der Waals surface area contributed by atoms with Gasteiger partial charge in [-0.1, -0.05) is 13.5 Å². The Kier molecular flexibility index (Phi) is 2.45. The molecule has 0 amide bonds. The largest absolute Gasteiger partial charge is 0.305 e. The van der Waals surface area contributed by atoms with Crippen molar-refractivity contribution in [3.8, 4) is 0 Å². The molecule has 0 saturated carbocycles. The van der Waals surface area contributed by atoms with Gasteiger partial charge in [-0.15, -0.1) is 0 Å². The molecule has 1 fully saturated rings. The lowest BCUT2D eigenvalue weighted by Crippen LogP contribution is -2.46. The Balaban J connectivity index is 2.22. The van der Waals surface area contributed by atoms with Crippen molar-refractivity contribution in [3.63, 3.8) is 0 Å². The Bertz CT molecular complexity index is 178. The molecule has 0 bridgehead atoms. The number of rotatable bonds is 3. The first-order valence-electron chi connectivity index (χ1n) is 4.05. The third kappa shape index (κ3) is 2.15. The lowest BCUT2D eigenvalue weighted by atomic mass is 10.0. The maximum absolute atomic E-state index is 7.32. The lowest BCUT2D eigenvalue weighted by Gasteiger charge is -2.37. The number of nitrogens with zero attached hydrogens (tertiary/aromatic N) is 1. The molecule has 1 aliphatic rings. The minimum atomic E-state index is 0.615. The van der Waals surface area contributed by atoms with Gasteiger partial charge in [0.1, 0.15) is 0 Å². The molecule has 1 rings (SSSR count). The van der Waals surface area contributed by atoms with Crippen LogP contribution in [-0.4, -0.2) is 30.2 Å². The first-order chi connectivity index (χ1) is 5.09. The third-order valence-corrected chi connectivity index (χ3v) is 2.08. The molecule has 1 saturated heterocycles. The van der Waals surface area contributed by atoms with E-state index in [1.165, 1.54) is 13.1 Å². The van der Waals surface area contributed by atoms with Crippen LogP contribution in [0.2, 0.25) is 0 Å². The van der Waals surface area contributed by atoms with Gasteiger partial charge in [0, 0.05) is 25.3 Å². The molecule has 1 heterocycles. The summed E-state index contributed by atoms with van der Waals surface area (Å²) in [5.74, 6) is 0.842. The van der Waals surface area contributed by atoms with E-state index in [2.05, 4.69) is 18.4 Å². The van der Waals surface area contributed by atoms with E-state index < -0.39 is 0 Å². The summed E-state index contributed by atoms with van der Waals surface area (Å²) in [5.41, 5.74) is 1.57. The van der Waals surface area contributed by atoms with E-state index >= 15 is 0 Å². The van der Waals surface area contributed by atoms with Crippen molar-refractivity contribution in [1.82, 2.24) is 4.90 Å². The van der Waals surface area contributed by atoms with Crippen molar-refractivity contribution in [3.05, 3.63) is 12.2 Å². The summed E-state index contributed by atoms with van der Waals surface area (Å²) < 4.78 is 0. The molecule has 0 aromatic heterocycles. The van der Waals surface area contributed by atoms with Gasteiger partial charge in [-0.25, -0.2) is 0 Å². The standard InChI is InChI=1S/C9H16N2/c1-7-4-11(5-7)6-8(2)9(3)10/h7,10H,2,4-6H2,1,3H3. The van der Waals surface area contributed by atoms with Gasteiger partial charge in [0.15, 0.2) is 0 Å². The summed E-state index contributed by atoms with van der Waals surface area (Å²) in [4.78, 5) is 2.32. The van der Waals surface area contributed by atoms with Crippen LogP contribution < -0.4 is 0 Å². The molecule has 0 spiro atoms. The van der Waals surface area contributed by atoms with Crippen LogP contribution in [0.5, 0.6) is 0 Å². The number of hydrogen-bond donors (Lipinski definition) is 1. The Morgan fingerprint density at radius 2 is 2.18 bits per heavy atom. The van der Waals surface area contributed by atoms with Crippen LogP contribution in [0, 0.1) is 11.3 Å². The van der Waals surface area contributed by atoms with Crippen molar-refractivity contribution in [1.29, 1.82) is 5.41 Å². The van der Waals surface area contributed by atoms with Crippen LogP contribution in [0.1, 0.15) is 13.8 Å². The van der Waals surface area contributed by atoms with E-state index in [-0.39, 0.29) is 0 Å². The highest BCUT2D eigenvalue weighted by molar-refractivity contribution is 5.95. The van der Waals surface area contributed by atoms with Crippen molar-refractivity contribution >= 4 is 5.71 Å². The molecule has 0 aromatic carbocycles. The lowest BCUT2D eigenvalue weighted by molar-refractivity contribution is 0.127. The second-order valence-corrected chi connectivity index (χ2v) is 3.53. The van der Waals surface area contributed by atoms with Crippen molar-refractivity contribution < 1.29 is 0 Å². The van der Waals surface area contributed by atoms with Crippen LogP contribution >= 0.6 is 0 Å². The molecule has 2 heteroatoms. The molecule has 1 aliphatic heterocycles. The van der Waals surface area contributed by atoms with Gasteiger partial charge in [-0.2, -0.15) is 0 Å². The van der Waals surface area contributed by atoms with Gasteiger partial charge in [0.2, 0.25) is 0 Å². The fraction of sp³-hybridized carbons (Fsp3) is 0.667. The summed E-state index contributed by atoms with van der Waals surface area (Å²) in [6.07, 6.45) is 0. The first kappa shape index (κ1) is 8.47. The van der Waals surface area contributed by atoms with Crippen LogP contribution in [0.4, 0.5) is 0 Å². The summed E-state index contributed by atoms with van der Waals surface area (Å²) in [7, 11) is 0. The maximum Gasteiger partial charge on any atom is 0.0322 e. The van der Waals surface area contributed by atoms with Crippen molar-refractivity contribution in [2.75, 3.05) is 19.6 Å². The highest BCUT2D eigenvalue weighted by atomic mass is 15.2. The monoisotopic (exact) mass is 152 g/mol. The van der Waals surface area contributed by atoms with Crippen LogP contribution in [0.25, 0.3) is 0 Å². The molecule has 2 nitrogen and oxygen atoms in total. The fourth-order valence-electron chi connectivity index (χ4n) is 1.35. The minimum Gasteiger partial charge on any atom is -0.305 e. The quantitative estimate of drug-likeness (QED) is 0.610. The van der Waals surface area contributed by atoms with Gasteiger partial charge in [0.25, 0.3) is 0 Å². The van der Waals surface area contributed by atoms with E-state index in [1.54, 1.807) is 6.92 Å². The third-order valence-electron chi connectivity index (χ3n) is 2.08. The van der Waals surface area contributed by atoms with E-state index in [9.17, 15) is 0 Å². The zero-order valence-corrected chi connectivity index (χ0v) is 7.35. The highest BCUT2D eigenvalue weighted by Crippen LogP contribution is 2.15. The first-order valence-corrected chi connectivity index (χ1v) is 4.05. The number of likely N-dealkylation sites (tertiary alicyclic amines) is 1. The molecule has 0 unspecified atom stereocenters. The van der Waals surface area contributed by atoms with E-state index in [1.807, 2.05) is 0 Å². The molecule has 0 atom stereocenters. The summed E-state index contributed by atoms with van der Waals surface area (Å²) in [5, 5.41) is 7.32. The molecule has 62 valence electrons. The minimum absolute atomic E-state index is 0.615. The predicted molar refractivity (Wildman–Crippen MR) is 48.1 cm³/mol.